The topological polar surface area (TPSA) is 109 Å². The molecule has 0 spiro atoms. The van der Waals surface area contributed by atoms with Crippen molar-refractivity contribution < 1.29 is 14.7 Å². The lowest BCUT2D eigenvalue weighted by Crippen LogP contribution is -2.36. The average molecular weight is 297 g/mol. The van der Waals surface area contributed by atoms with Crippen LogP contribution in [0.5, 0.6) is 0 Å². The van der Waals surface area contributed by atoms with E-state index in [4.69, 9.17) is 11.5 Å². The summed E-state index contributed by atoms with van der Waals surface area (Å²) in [7, 11) is 0. The maximum Gasteiger partial charge on any atom is 0.325 e. The Labute approximate surface area is 120 Å². The van der Waals surface area contributed by atoms with Gasteiger partial charge in [0.1, 0.15) is 12.2 Å². The highest BCUT2D eigenvalue weighted by Crippen LogP contribution is 1.95. The molecule has 0 radical (unpaired) electrons. The van der Waals surface area contributed by atoms with Gasteiger partial charge in [-0.3, -0.25) is 4.79 Å². The van der Waals surface area contributed by atoms with E-state index >= 15 is 0 Å². The fourth-order valence-electron chi connectivity index (χ4n) is 1.24. The van der Waals surface area contributed by atoms with Gasteiger partial charge in [0.2, 0.25) is 0 Å². The highest BCUT2D eigenvalue weighted by molar-refractivity contribution is 7.99. The molecular weight excluding hydrogens is 282 g/mol. The second-order valence-electron chi connectivity index (χ2n) is 3.67. The van der Waals surface area contributed by atoms with E-state index in [1.807, 2.05) is 0 Å². The van der Waals surface area contributed by atoms with Crippen molar-refractivity contribution in [2.24, 2.45) is 0 Å². The molecule has 0 aliphatic carbocycles. The van der Waals surface area contributed by atoms with Gasteiger partial charge in [-0.25, -0.2) is 9.48 Å². The van der Waals surface area contributed by atoms with Crippen molar-refractivity contribution in [1.82, 2.24) is 25.6 Å². The summed E-state index contributed by atoms with van der Waals surface area (Å²) in [6.07, 6.45) is 6.56. The maximum atomic E-state index is 11.4. The van der Waals surface area contributed by atoms with Crippen molar-refractivity contribution in [3.8, 4) is 12.3 Å². The first-order valence-electron chi connectivity index (χ1n) is 5.75. The molecule has 0 saturated heterocycles. The molecule has 1 rings (SSSR count). The number of aromatic nitrogens is 3. The number of aliphatic carboxylic acids is 1. The summed E-state index contributed by atoms with van der Waals surface area (Å²) in [5.74, 6) is 2.85. The Morgan fingerprint density at radius 3 is 3.00 bits per heavy atom. The first kappa shape index (κ1) is 15.8. The van der Waals surface area contributed by atoms with Gasteiger partial charge >= 0.3 is 12.0 Å². The Kier molecular flexibility index (Phi) is 6.99. The molecule has 3 N–H and O–H groups in total. The quantitative estimate of drug-likeness (QED) is 0.442. The van der Waals surface area contributed by atoms with Crippen LogP contribution in [0.4, 0.5) is 4.79 Å². The van der Waals surface area contributed by atoms with Crippen LogP contribution in [-0.4, -0.2) is 50.2 Å². The summed E-state index contributed by atoms with van der Waals surface area (Å²) in [6, 6.07) is -0.320. The predicted octanol–water partition coefficient (Wildman–Crippen LogP) is -0.472. The van der Waals surface area contributed by atoms with Crippen molar-refractivity contribution in [1.29, 1.82) is 0 Å². The van der Waals surface area contributed by atoms with E-state index in [-0.39, 0.29) is 19.1 Å². The molecule has 1 aromatic rings. The van der Waals surface area contributed by atoms with Gasteiger partial charge in [-0.15, -0.1) is 23.3 Å². The normalized spacial score (nSPS) is 9.75. The highest BCUT2D eigenvalue weighted by atomic mass is 32.2. The molecule has 0 aliphatic rings. The van der Waals surface area contributed by atoms with Crippen LogP contribution in [0.1, 0.15) is 5.69 Å². The summed E-state index contributed by atoms with van der Waals surface area (Å²) in [5, 5.41) is 21.2. The van der Waals surface area contributed by atoms with Gasteiger partial charge in [0.25, 0.3) is 0 Å². The molecule has 0 aromatic carbocycles. The monoisotopic (exact) mass is 297 g/mol. The summed E-state index contributed by atoms with van der Waals surface area (Å²) in [5.41, 5.74) is 0.489. The molecule has 0 bridgehead atoms. The molecule has 108 valence electrons. The summed E-state index contributed by atoms with van der Waals surface area (Å²) in [6.45, 7) is 0.443. The van der Waals surface area contributed by atoms with Crippen LogP contribution >= 0.6 is 11.8 Å². The number of hydrogen-bond acceptors (Lipinski definition) is 5. The Morgan fingerprint density at radius 1 is 1.50 bits per heavy atom. The van der Waals surface area contributed by atoms with Crippen LogP contribution in [0, 0.1) is 12.3 Å². The predicted molar refractivity (Wildman–Crippen MR) is 74.1 cm³/mol. The number of hydrogen-bond donors (Lipinski definition) is 3. The largest absolute Gasteiger partial charge is 0.480 e. The summed E-state index contributed by atoms with van der Waals surface area (Å²) < 4.78 is 1.19. The van der Waals surface area contributed by atoms with Crippen LogP contribution in [0.3, 0.4) is 0 Å². The molecule has 20 heavy (non-hydrogen) atoms. The van der Waals surface area contributed by atoms with Crippen LogP contribution in [0.25, 0.3) is 0 Å². The van der Waals surface area contributed by atoms with Gasteiger partial charge in [-0.1, -0.05) is 11.1 Å². The third kappa shape index (κ3) is 6.65. The van der Waals surface area contributed by atoms with Crippen LogP contribution < -0.4 is 10.6 Å². The lowest BCUT2D eigenvalue weighted by molar-refractivity contribution is -0.137. The zero-order valence-corrected chi connectivity index (χ0v) is 11.5. The minimum atomic E-state index is -1.00. The zero-order chi connectivity index (χ0) is 14.8. The second-order valence-corrected chi connectivity index (χ2v) is 4.77. The molecule has 0 aliphatic heterocycles. The molecule has 8 nitrogen and oxygen atoms in total. The Bertz CT molecular complexity index is 496. The number of nitrogens with one attached hydrogen (secondary N) is 2. The van der Waals surface area contributed by atoms with Crippen molar-refractivity contribution in [2.75, 3.05) is 18.1 Å². The molecule has 2 amide bonds. The van der Waals surface area contributed by atoms with E-state index in [9.17, 15) is 9.59 Å². The van der Waals surface area contributed by atoms with Gasteiger partial charge in [0.05, 0.1) is 18.5 Å². The summed E-state index contributed by atoms with van der Waals surface area (Å²) >= 11 is 1.56. The molecular formula is C11H15N5O3S. The molecule has 1 aromatic heterocycles. The van der Waals surface area contributed by atoms with E-state index in [1.54, 1.807) is 11.8 Å². The lowest BCUT2D eigenvalue weighted by atomic mass is 10.5. The standard InChI is InChI=1S/C11H15N5O3S/c1-2-4-20-5-3-12-11(19)13-6-9-7-16(15-14-9)8-10(17)18/h1,7H,3-6,8H2,(H,17,18)(H2,12,13,19). The molecule has 1 heterocycles. The molecule has 0 unspecified atom stereocenters. The van der Waals surface area contributed by atoms with Crippen LogP contribution in [-0.2, 0) is 17.9 Å². The summed E-state index contributed by atoms with van der Waals surface area (Å²) in [4.78, 5) is 21.9. The SMILES string of the molecule is C#CCSCCNC(=O)NCc1cn(CC(=O)O)nn1. The van der Waals surface area contributed by atoms with Crippen LogP contribution in [0.2, 0.25) is 0 Å². The van der Waals surface area contributed by atoms with E-state index < -0.39 is 5.97 Å². The number of terminal acetylenes is 1. The molecule has 0 saturated carbocycles. The number of carboxylic acid groups (broad SMARTS) is 1. The molecule has 0 fully saturated rings. The number of urea groups is 1. The Morgan fingerprint density at radius 2 is 2.30 bits per heavy atom. The average Bonchev–Trinajstić information content (AvgIpc) is 2.83. The number of carbonyl (C=O) groups is 2. The minimum Gasteiger partial charge on any atom is -0.480 e. The van der Waals surface area contributed by atoms with Gasteiger partial charge in [-0.05, 0) is 0 Å². The van der Waals surface area contributed by atoms with E-state index in [2.05, 4.69) is 26.9 Å². The number of thioether (sulfide) groups is 1. The zero-order valence-electron chi connectivity index (χ0n) is 10.7. The maximum absolute atomic E-state index is 11.4. The van der Waals surface area contributed by atoms with Gasteiger partial charge in [-0.2, -0.15) is 0 Å². The first-order chi connectivity index (χ1) is 9.61. The Hall–Kier alpha value is -2.21. The number of carboxylic acids is 1. The van der Waals surface area contributed by atoms with Crippen LogP contribution in [0.15, 0.2) is 6.20 Å². The molecule has 9 heteroatoms. The van der Waals surface area contributed by atoms with Gasteiger partial charge in [0.15, 0.2) is 0 Å². The number of carbonyl (C=O) groups excluding carboxylic acids is 1. The van der Waals surface area contributed by atoms with Crippen molar-refractivity contribution in [2.45, 2.75) is 13.1 Å². The fraction of sp³-hybridized carbons (Fsp3) is 0.455. The third-order valence-corrected chi connectivity index (χ3v) is 2.89. The third-order valence-electron chi connectivity index (χ3n) is 2.03. The highest BCUT2D eigenvalue weighted by Gasteiger charge is 2.05. The smallest absolute Gasteiger partial charge is 0.325 e. The van der Waals surface area contributed by atoms with E-state index in [0.29, 0.717) is 18.0 Å². The molecule has 0 atom stereocenters. The van der Waals surface area contributed by atoms with Crippen molar-refractivity contribution >= 4 is 23.8 Å². The number of rotatable bonds is 8. The van der Waals surface area contributed by atoms with E-state index in [1.165, 1.54) is 10.9 Å². The van der Waals surface area contributed by atoms with Gasteiger partial charge in [0, 0.05) is 12.3 Å². The van der Waals surface area contributed by atoms with Gasteiger partial charge < -0.3 is 15.7 Å². The Balaban J connectivity index is 2.19. The fourth-order valence-corrected chi connectivity index (χ4v) is 1.75. The first-order valence-corrected chi connectivity index (χ1v) is 6.91. The number of amides is 2. The van der Waals surface area contributed by atoms with Crippen molar-refractivity contribution in [3.63, 3.8) is 0 Å². The minimum absolute atomic E-state index is 0.183. The second kappa shape index (κ2) is 8.82. The van der Waals surface area contributed by atoms with E-state index in [0.717, 1.165) is 5.75 Å². The number of nitrogens with zero attached hydrogens (tertiary/aromatic N) is 3. The van der Waals surface area contributed by atoms with Crippen molar-refractivity contribution in [3.05, 3.63) is 11.9 Å². The lowest BCUT2D eigenvalue weighted by Gasteiger charge is -2.05.